The van der Waals surface area contributed by atoms with Crippen molar-refractivity contribution in [3.63, 3.8) is 0 Å². The summed E-state index contributed by atoms with van der Waals surface area (Å²) in [6.07, 6.45) is 5.14. The molecule has 7 N–H and O–H groups in total. The van der Waals surface area contributed by atoms with Crippen molar-refractivity contribution in [1.29, 1.82) is 0 Å². The number of nitrogens with zero attached hydrogens (tertiary/aromatic N) is 5. The van der Waals surface area contributed by atoms with Gasteiger partial charge in [0.2, 0.25) is 17.7 Å². The predicted octanol–water partition coefficient (Wildman–Crippen LogP) is 0.205. The molecule has 49 heavy (non-hydrogen) atoms. The molecule has 2 aliphatic heterocycles. The van der Waals surface area contributed by atoms with Gasteiger partial charge in [-0.15, -0.1) is 5.10 Å². The number of nitrogens with two attached hydrogens (primary N) is 1. The number of fused-ring (bicyclic) bond motifs is 17. The van der Waals surface area contributed by atoms with Crippen molar-refractivity contribution in [2.24, 2.45) is 11.7 Å². The van der Waals surface area contributed by atoms with Crippen LogP contribution in [-0.4, -0.2) is 109 Å². The largest absolute Gasteiger partial charge is 0.492 e. The number of amides is 4. The standard InChI is InChI=1S/C32H45ClN10O6/c1-19(2)13-26-30(46)36-8-11-42(32(48)25(34)15-23-16-35-18-37-23)10-7-22-17-43(41-40-22)9-4-12-49-27-6-5-21(14-24(27)33)29(45)39-28(20(3)44)31(47)38-26/h5-6,14,16-20,25-26,28,44H,4,7-13,15,34H2,1-3H3,(H,35,37)(H,36,46)(H,38,47)(H,39,45)/t20-,25+,26-,28+/m1/s1. The van der Waals surface area contributed by atoms with Crippen LogP contribution >= 0.6 is 11.6 Å². The molecule has 4 bridgehead atoms. The molecular weight excluding hydrogens is 656 g/mol. The van der Waals surface area contributed by atoms with Crippen LogP contribution in [0.3, 0.4) is 0 Å². The fourth-order valence-corrected chi connectivity index (χ4v) is 5.53. The molecule has 16 nitrogen and oxygen atoms in total. The Morgan fingerprint density at radius 2 is 1.94 bits per heavy atom. The Bertz CT molecular complexity index is 1560. The number of hydrogen-bond donors (Lipinski definition) is 6. The van der Waals surface area contributed by atoms with Gasteiger partial charge in [0.15, 0.2) is 0 Å². The molecule has 0 aliphatic carbocycles. The number of carbonyl (C=O) groups excluding carboxylic acids is 4. The van der Waals surface area contributed by atoms with Gasteiger partial charge < -0.3 is 41.4 Å². The lowest BCUT2D eigenvalue weighted by atomic mass is 10.0. The van der Waals surface area contributed by atoms with Gasteiger partial charge in [-0.3, -0.25) is 23.9 Å². The SMILES string of the molecule is CC(C)C[C@H]1NC(=O)[C@H]([C@@H](C)O)NC(=O)c2ccc(c(Cl)c2)OCCCn2cc(nn2)CCN(C(=O)[C@@H](N)Cc2cnc[nH]2)CCNC1=O. The van der Waals surface area contributed by atoms with Gasteiger partial charge in [-0.05, 0) is 37.5 Å². The van der Waals surface area contributed by atoms with Gasteiger partial charge in [0.05, 0.1) is 35.8 Å². The van der Waals surface area contributed by atoms with E-state index >= 15 is 0 Å². The number of aliphatic hydroxyl groups is 1. The average Bonchev–Trinajstić information content (AvgIpc) is 3.74. The number of benzene rings is 1. The normalized spacial score (nSPS) is 20.1. The maximum Gasteiger partial charge on any atom is 0.252 e. The van der Waals surface area contributed by atoms with Crippen molar-refractivity contribution in [1.82, 2.24) is 45.8 Å². The second-order valence-corrected chi connectivity index (χ2v) is 12.9. The van der Waals surface area contributed by atoms with Crippen molar-refractivity contribution in [2.75, 3.05) is 26.2 Å². The Kier molecular flexibility index (Phi) is 13.5. The molecule has 4 amide bonds. The van der Waals surface area contributed by atoms with Crippen LogP contribution < -0.4 is 26.4 Å². The van der Waals surface area contributed by atoms with Crippen molar-refractivity contribution in [2.45, 2.75) is 77.2 Å². The Balaban J connectivity index is 1.56. The van der Waals surface area contributed by atoms with E-state index in [0.29, 0.717) is 43.1 Å². The molecule has 2 aliphatic rings. The number of ether oxygens (including phenoxy) is 1. The monoisotopic (exact) mass is 700 g/mol. The third-order valence-corrected chi connectivity index (χ3v) is 8.20. The van der Waals surface area contributed by atoms with Gasteiger partial charge in [-0.25, -0.2) is 4.98 Å². The minimum Gasteiger partial charge on any atom is -0.492 e. The smallest absolute Gasteiger partial charge is 0.252 e. The lowest BCUT2D eigenvalue weighted by molar-refractivity contribution is -0.133. The number of aromatic amines is 1. The van der Waals surface area contributed by atoms with E-state index in [0.717, 1.165) is 0 Å². The number of rotatable bonds is 6. The Morgan fingerprint density at radius 1 is 1.14 bits per heavy atom. The Hall–Kier alpha value is -4.54. The summed E-state index contributed by atoms with van der Waals surface area (Å²) in [4.78, 5) is 61.9. The van der Waals surface area contributed by atoms with Crippen molar-refractivity contribution >= 4 is 35.2 Å². The molecule has 0 fully saturated rings. The summed E-state index contributed by atoms with van der Waals surface area (Å²) >= 11 is 6.40. The van der Waals surface area contributed by atoms with Crippen molar-refractivity contribution in [3.8, 4) is 5.75 Å². The second kappa shape index (κ2) is 17.7. The first kappa shape index (κ1) is 37.3. The molecule has 4 atom stereocenters. The molecule has 0 saturated heterocycles. The summed E-state index contributed by atoms with van der Waals surface area (Å²) in [6.45, 7) is 6.46. The van der Waals surface area contributed by atoms with Crippen LogP contribution in [0.4, 0.5) is 0 Å². The van der Waals surface area contributed by atoms with E-state index in [-0.39, 0.29) is 54.9 Å². The molecule has 4 heterocycles. The molecular formula is C32H45ClN10O6. The van der Waals surface area contributed by atoms with E-state index in [2.05, 4.69) is 36.2 Å². The number of hydrogen-bond acceptors (Lipinski definition) is 10. The Labute approximate surface area is 289 Å². The van der Waals surface area contributed by atoms with E-state index in [1.807, 2.05) is 13.8 Å². The highest BCUT2D eigenvalue weighted by atomic mass is 35.5. The van der Waals surface area contributed by atoms with Gasteiger partial charge >= 0.3 is 0 Å². The quantitative estimate of drug-likeness (QED) is 0.192. The number of aliphatic hydroxyl groups excluding tert-OH is 1. The second-order valence-electron chi connectivity index (χ2n) is 12.5. The number of aryl methyl sites for hydroxylation is 1. The third-order valence-electron chi connectivity index (χ3n) is 7.90. The highest BCUT2D eigenvalue weighted by molar-refractivity contribution is 6.32. The minimum atomic E-state index is -1.37. The van der Waals surface area contributed by atoms with Gasteiger partial charge in [0.25, 0.3) is 5.91 Å². The molecule has 0 radical (unpaired) electrons. The van der Waals surface area contributed by atoms with E-state index in [1.165, 1.54) is 25.4 Å². The van der Waals surface area contributed by atoms with E-state index < -0.39 is 42.0 Å². The molecule has 17 heteroatoms. The number of H-pyrrole nitrogens is 1. The summed E-state index contributed by atoms with van der Waals surface area (Å²) in [5, 5.41) is 27.1. The molecule has 0 saturated carbocycles. The molecule has 266 valence electrons. The van der Waals surface area contributed by atoms with Crippen LogP contribution in [0, 0.1) is 5.92 Å². The zero-order chi connectivity index (χ0) is 35.5. The number of imidazole rings is 1. The summed E-state index contributed by atoms with van der Waals surface area (Å²) in [7, 11) is 0. The van der Waals surface area contributed by atoms with Crippen LogP contribution in [0.5, 0.6) is 5.75 Å². The molecule has 2 aromatic heterocycles. The van der Waals surface area contributed by atoms with Crippen LogP contribution in [0.1, 0.15) is 55.4 Å². The van der Waals surface area contributed by atoms with Gasteiger partial charge in [-0.1, -0.05) is 30.7 Å². The first-order valence-electron chi connectivity index (χ1n) is 16.3. The minimum absolute atomic E-state index is 0.0114. The summed E-state index contributed by atoms with van der Waals surface area (Å²) in [5.74, 6) is -1.80. The van der Waals surface area contributed by atoms with Crippen molar-refractivity contribution in [3.05, 3.63) is 58.9 Å². The first-order chi connectivity index (χ1) is 23.4. The lowest BCUT2D eigenvalue weighted by Gasteiger charge is -2.27. The molecule has 5 rings (SSSR count). The first-order valence-corrected chi connectivity index (χ1v) is 16.7. The highest BCUT2D eigenvalue weighted by Gasteiger charge is 2.31. The van der Waals surface area contributed by atoms with E-state index in [9.17, 15) is 24.3 Å². The average molecular weight is 701 g/mol. The fourth-order valence-electron chi connectivity index (χ4n) is 5.30. The highest BCUT2D eigenvalue weighted by Crippen LogP contribution is 2.26. The Morgan fingerprint density at radius 3 is 2.63 bits per heavy atom. The molecule has 3 aromatic rings. The topological polar surface area (TPSA) is 222 Å². The summed E-state index contributed by atoms with van der Waals surface area (Å²) in [5.41, 5.74) is 7.83. The lowest BCUT2D eigenvalue weighted by Crippen LogP contribution is -2.57. The molecule has 0 unspecified atom stereocenters. The molecule has 1 aromatic carbocycles. The zero-order valence-electron chi connectivity index (χ0n) is 27.9. The zero-order valence-corrected chi connectivity index (χ0v) is 28.7. The number of nitrogens with one attached hydrogen (secondary N) is 4. The maximum atomic E-state index is 13.5. The van der Waals surface area contributed by atoms with E-state index in [1.54, 1.807) is 28.0 Å². The van der Waals surface area contributed by atoms with Crippen LogP contribution in [0.2, 0.25) is 5.02 Å². The number of halogens is 1. The maximum absolute atomic E-state index is 13.5. The summed E-state index contributed by atoms with van der Waals surface area (Å²) < 4.78 is 7.50. The number of carbonyl (C=O) groups is 4. The number of aromatic nitrogens is 5. The van der Waals surface area contributed by atoms with Crippen LogP contribution in [0.25, 0.3) is 0 Å². The fraction of sp³-hybridized carbons (Fsp3) is 0.531. The summed E-state index contributed by atoms with van der Waals surface area (Å²) in [6, 6.07) is 1.27. The molecule has 0 spiro atoms. The van der Waals surface area contributed by atoms with Crippen molar-refractivity contribution < 1.29 is 29.0 Å². The van der Waals surface area contributed by atoms with Gasteiger partial charge in [-0.2, -0.15) is 0 Å². The predicted molar refractivity (Wildman–Crippen MR) is 179 cm³/mol. The van der Waals surface area contributed by atoms with E-state index in [4.69, 9.17) is 22.1 Å². The third kappa shape index (κ3) is 11.0. The van der Waals surface area contributed by atoms with Gasteiger partial charge in [0, 0.05) is 69.1 Å². The van der Waals surface area contributed by atoms with Crippen LogP contribution in [-0.2, 0) is 33.8 Å². The van der Waals surface area contributed by atoms with Gasteiger partial charge in [0.1, 0.15) is 17.8 Å². The van der Waals surface area contributed by atoms with Crippen LogP contribution in [0.15, 0.2) is 36.9 Å².